The van der Waals surface area contributed by atoms with Crippen molar-refractivity contribution in [3.8, 4) is 12.3 Å². The van der Waals surface area contributed by atoms with Crippen LogP contribution in [0.25, 0.3) is 0 Å². The average Bonchev–Trinajstić information content (AvgIpc) is 3.13. The van der Waals surface area contributed by atoms with Crippen molar-refractivity contribution in [3.05, 3.63) is 0 Å². The molecule has 20 heteroatoms. The molecule has 0 aliphatic carbocycles. The van der Waals surface area contributed by atoms with Crippen molar-refractivity contribution in [2.75, 3.05) is 19.8 Å². The molecule has 15 nitrogen and oxygen atoms in total. The molecule has 3 saturated heterocycles. The van der Waals surface area contributed by atoms with Crippen LogP contribution in [0.1, 0.15) is 0 Å². The van der Waals surface area contributed by atoms with E-state index in [1.807, 2.05) is 5.92 Å². The summed E-state index contributed by atoms with van der Waals surface area (Å²) in [5.74, 6) is 1.90. The van der Waals surface area contributed by atoms with Gasteiger partial charge in [0, 0.05) is 12.0 Å². The lowest BCUT2D eigenvalue weighted by molar-refractivity contribution is -0.237. The number of hydrogen-bond acceptors (Lipinski definition) is 14. The van der Waals surface area contributed by atoms with Crippen LogP contribution < -0.4 is 9.79 Å². The Morgan fingerprint density at radius 3 is 2.39 bits per heavy atom. The van der Waals surface area contributed by atoms with E-state index in [1.165, 1.54) is 0 Å². The third-order valence-corrected chi connectivity index (χ3v) is 7.48. The summed E-state index contributed by atoms with van der Waals surface area (Å²) < 4.78 is 75.4. The highest BCUT2D eigenvalue weighted by atomic mass is 31.2. The van der Waals surface area contributed by atoms with E-state index in [0.717, 1.165) is 0 Å². The minimum atomic E-state index is -5.16. The zero-order valence-corrected chi connectivity index (χ0v) is 19.2. The number of fused-ring (bicyclic) bond motifs is 2. The fourth-order valence-corrected chi connectivity index (χ4v) is 5.90. The standard InChI is InChI=1S/C13H19B2O15P3/c1-2-3-23-31(17,18)30-11-10-7(27-13(11)15)5-25-32(19,20)28-9-6(26-12(14)8(9)16)4-24-33(21,22)29-10/h1,6-13,16H,3-5H2,(H,17,18)(H,19,20)(H,21,22)/p-2/t6-,7-,8?,9+,10?,11+,12-,13-/m1/s1. The maximum Gasteiger partial charge on any atom is 0.472 e. The van der Waals surface area contributed by atoms with E-state index in [9.17, 15) is 33.5 Å². The summed E-state index contributed by atoms with van der Waals surface area (Å²) >= 11 is 0. The first-order valence-corrected chi connectivity index (χ1v) is 13.5. The Morgan fingerprint density at radius 1 is 1.12 bits per heavy atom. The van der Waals surface area contributed by atoms with Crippen molar-refractivity contribution in [1.82, 2.24) is 0 Å². The molecule has 0 aromatic carbocycles. The molecule has 2 N–H and O–H groups in total. The smallest absolute Gasteiger partial charge is 0.472 e. The van der Waals surface area contributed by atoms with Gasteiger partial charge in [-0.25, -0.2) is 4.57 Å². The number of aliphatic hydroxyl groups is 1. The third kappa shape index (κ3) is 6.98. The molecule has 4 radical (unpaired) electrons. The first kappa shape index (κ1) is 27.5. The topological polar surface area (TPSA) is 212 Å². The van der Waals surface area contributed by atoms with Gasteiger partial charge >= 0.3 is 7.82 Å². The summed E-state index contributed by atoms with van der Waals surface area (Å²) in [5.41, 5.74) is 0. The molecule has 0 bridgehead atoms. The minimum absolute atomic E-state index is 0.684. The fraction of sp³-hybridized carbons (Fsp3) is 0.846. The van der Waals surface area contributed by atoms with Gasteiger partial charge in [-0.2, -0.15) is 0 Å². The fourth-order valence-electron chi connectivity index (χ4n) is 3.16. The van der Waals surface area contributed by atoms with E-state index in [1.54, 1.807) is 0 Å². The normalized spacial score (nSPS) is 48.5. The van der Waals surface area contributed by atoms with Gasteiger partial charge in [-0.1, -0.05) is 5.92 Å². The van der Waals surface area contributed by atoms with E-state index in [0.29, 0.717) is 0 Å². The maximum atomic E-state index is 12.5. The number of terminal acetylenes is 1. The van der Waals surface area contributed by atoms with Gasteiger partial charge in [-0.15, -0.1) is 6.42 Å². The predicted octanol–water partition coefficient (Wildman–Crippen LogP) is -2.98. The highest BCUT2D eigenvalue weighted by molar-refractivity contribution is 7.47. The van der Waals surface area contributed by atoms with Gasteiger partial charge in [0.25, 0.3) is 15.6 Å². The van der Waals surface area contributed by atoms with Crippen LogP contribution >= 0.6 is 23.5 Å². The lowest BCUT2D eigenvalue weighted by Crippen LogP contribution is -2.41. The summed E-state index contributed by atoms with van der Waals surface area (Å²) in [6.45, 7) is -2.44. The minimum Gasteiger partial charge on any atom is -0.756 e. The highest BCUT2D eigenvalue weighted by Gasteiger charge is 2.51. The van der Waals surface area contributed by atoms with Crippen LogP contribution in [0, 0.1) is 12.3 Å². The molecule has 0 aromatic heterocycles. The second-order valence-corrected chi connectivity index (χ2v) is 11.0. The Hall–Kier alpha value is -0.100. The monoisotopic (exact) mass is 528 g/mol. The number of phosphoric acid groups is 3. The second kappa shape index (κ2) is 10.5. The molecule has 3 aliphatic rings. The van der Waals surface area contributed by atoms with E-state index in [-0.39, 0.29) is 0 Å². The van der Waals surface area contributed by atoms with Crippen molar-refractivity contribution in [2.24, 2.45) is 0 Å². The lowest BCUT2D eigenvalue weighted by Gasteiger charge is -2.33. The van der Waals surface area contributed by atoms with Gasteiger partial charge in [0.2, 0.25) is 0 Å². The lowest BCUT2D eigenvalue weighted by atomic mass is 9.93. The molecule has 0 saturated carbocycles. The molecular formula is C13H17B2O15P3-2. The maximum absolute atomic E-state index is 12.5. The molecular weight excluding hydrogens is 511 g/mol. The van der Waals surface area contributed by atoms with Crippen molar-refractivity contribution >= 4 is 39.2 Å². The van der Waals surface area contributed by atoms with Gasteiger partial charge < -0.3 is 47.4 Å². The third-order valence-electron chi connectivity index (χ3n) is 4.58. The summed E-state index contributed by atoms with van der Waals surface area (Å²) in [5, 5.41) is 10.0. The van der Waals surface area contributed by atoms with Gasteiger partial charge in [0.05, 0.1) is 13.2 Å². The molecule has 182 valence electrons. The van der Waals surface area contributed by atoms with Crippen LogP contribution in [-0.4, -0.2) is 94.1 Å². The number of rotatable bonds is 4. The molecule has 5 unspecified atom stereocenters. The number of phosphoric ester groups is 3. The largest absolute Gasteiger partial charge is 0.756 e. The van der Waals surface area contributed by atoms with Crippen LogP contribution in [0.4, 0.5) is 0 Å². The SMILES string of the molecule is [B][C@@H]1O[C@@H]2COP(=O)(O)OC3[C@@H](COP(=O)([O-])O[C@@H]2C1O)O[C@@H]([B])[C@H]3OP(=O)([O-])OCC#C. The Bertz CT molecular complexity index is 899. The first-order chi connectivity index (χ1) is 15.2. The van der Waals surface area contributed by atoms with E-state index >= 15 is 0 Å². The van der Waals surface area contributed by atoms with E-state index in [2.05, 4.69) is 4.52 Å². The molecule has 0 aromatic rings. The van der Waals surface area contributed by atoms with Crippen molar-refractivity contribution < 1.29 is 70.1 Å². The highest BCUT2D eigenvalue weighted by Crippen LogP contribution is 2.52. The zero-order chi connectivity index (χ0) is 24.6. The zero-order valence-electron chi connectivity index (χ0n) is 16.5. The van der Waals surface area contributed by atoms with Gasteiger partial charge in [0.1, 0.15) is 58.9 Å². The van der Waals surface area contributed by atoms with Crippen LogP contribution in [-0.2, 0) is 50.3 Å². The first-order valence-electron chi connectivity index (χ1n) is 9.11. The van der Waals surface area contributed by atoms with Gasteiger partial charge in [-0.05, 0) is 0 Å². The Kier molecular flexibility index (Phi) is 8.73. The van der Waals surface area contributed by atoms with Gasteiger partial charge in [0.15, 0.2) is 0 Å². The van der Waals surface area contributed by atoms with E-state index < -0.39 is 91.9 Å². The Balaban J connectivity index is 1.85. The molecule has 11 atom stereocenters. The Labute approximate surface area is 190 Å². The molecule has 0 spiro atoms. The van der Waals surface area contributed by atoms with Crippen molar-refractivity contribution in [2.45, 2.75) is 48.6 Å². The van der Waals surface area contributed by atoms with Crippen LogP contribution in [0.2, 0.25) is 0 Å². The van der Waals surface area contributed by atoms with Crippen LogP contribution in [0.5, 0.6) is 0 Å². The molecule has 3 heterocycles. The van der Waals surface area contributed by atoms with E-state index in [4.69, 9.17) is 54.2 Å². The molecule has 33 heavy (non-hydrogen) atoms. The van der Waals surface area contributed by atoms with Gasteiger partial charge in [-0.3, -0.25) is 18.2 Å². The number of ether oxygens (including phenoxy) is 2. The predicted molar refractivity (Wildman–Crippen MR) is 101 cm³/mol. The average molecular weight is 528 g/mol. The molecule has 3 aliphatic heterocycles. The summed E-state index contributed by atoms with van der Waals surface area (Å²) in [4.78, 5) is 34.3. The summed E-state index contributed by atoms with van der Waals surface area (Å²) in [6.07, 6.45) is -4.96. The summed E-state index contributed by atoms with van der Waals surface area (Å²) in [7, 11) is -4.10. The second-order valence-electron chi connectivity index (χ2n) is 6.91. The number of aliphatic hydroxyl groups excluding tert-OH is 1. The molecule has 0 amide bonds. The van der Waals surface area contributed by atoms with Crippen LogP contribution in [0.15, 0.2) is 0 Å². The van der Waals surface area contributed by atoms with Crippen molar-refractivity contribution in [3.63, 3.8) is 0 Å². The quantitative estimate of drug-likeness (QED) is 0.212. The van der Waals surface area contributed by atoms with Crippen molar-refractivity contribution in [1.29, 1.82) is 0 Å². The summed E-state index contributed by atoms with van der Waals surface area (Å²) in [6, 6.07) is -3.01. The Morgan fingerprint density at radius 2 is 1.73 bits per heavy atom. The molecule has 3 rings (SSSR count). The number of hydrogen-bond donors (Lipinski definition) is 2. The van der Waals surface area contributed by atoms with Crippen LogP contribution in [0.3, 0.4) is 0 Å². The molecule has 3 fully saturated rings.